The predicted octanol–water partition coefficient (Wildman–Crippen LogP) is 2.45. The van der Waals surface area contributed by atoms with Gasteiger partial charge in [0, 0.05) is 12.3 Å². The van der Waals surface area contributed by atoms with Crippen LogP contribution in [0.5, 0.6) is 11.5 Å². The van der Waals surface area contributed by atoms with Gasteiger partial charge in [0.15, 0.2) is 5.75 Å². The fraction of sp³-hybridized carbons (Fsp3) is 0.308. The van der Waals surface area contributed by atoms with Gasteiger partial charge in [-0.15, -0.1) is 0 Å². The van der Waals surface area contributed by atoms with Crippen LogP contribution in [0.3, 0.4) is 0 Å². The van der Waals surface area contributed by atoms with Gasteiger partial charge < -0.3 is 15.2 Å². The summed E-state index contributed by atoms with van der Waals surface area (Å²) in [4.78, 5) is 4.40. The van der Waals surface area contributed by atoms with Crippen molar-refractivity contribution in [2.24, 2.45) is 0 Å². The molecule has 17 heavy (non-hydrogen) atoms. The summed E-state index contributed by atoms with van der Waals surface area (Å²) in [6, 6.07) is 1.74. The fourth-order valence-electron chi connectivity index (χ4n) is 1.96. The van der Waals surface area contributed by atoms with Crippen molar-refractivity contribution < 1.29 is 9.47 Å². The Kier molecular flexibility index (Phi) is 2.79. The molecule has 2 N–H and O–H groups in total. The molecular formula is C13H16N2O2. The first kappa shape index (κ1) is 11.5. The molecule has 1 aromatic heterocycles. The average Bonchev–Trinajstić information content (AvgIpc) is 2.33. The minimum absolute atomic E-state index is 0.562. The molecule has 0 saturated carbocycles. The van der Waals surface area contributed by atoms with Crippen LogP contribution in [0.15, 0.2) is 12.3 Å². The number of nitrogen functional groups attached to an aromatic ring is 1. The van der Waals surface area contributed by atoms with Gasteiger partial charge in [-0.1, -0.05) is 0 Å². The first-order chi connectivity index (χ1) is 8.10. The van der Waals surface area contributed by atoms with Crippen LogP contribution in [0.1, 0.15) is 11.1 Å². The zero-order valence-electron chi connectivity index (χ0n) is 10.5. The van der Waals surface area contributed by atoms with E-state index in [0.29, 0.717) is 17.2 Å². The molecule has 0 saturated heterocycles. The highest BCUT2D eigenvalue weighted by molar-refractivity contribution is 5.97. The number of nitrogens with two attached hydrogens (primary N) is 1. The smallest absolute Gasteiger partial charge is 0.151 e. The van der Waals surface area contributed by atoms with Crippen molar-refractivity contribution in [3.05, 3.63) is 23.4 Å². The molecule has 0 atom stereocenters. The van der Waals surface area contributed by atoms with E-state index in [2.05, 4.69) is 4.98 Å². The van der Waals surface area contributed by atoms with Crippen molar-refractivity contribution in [3.8, 4) is 11.5 Å². The zero-order chi connectivity index (χ0) is 12.6. The molecule has 2 rings (SSSR count). The van der Waals surface area contributed by atoms with Crippen molar-refractivity contribution in [1.82, 2.24) is 4.98 Å². The number of nitrogens with zero attached hydrogens (tertiary/aromatic N) is 1. The maximum absolute atomic E-state index is 5.96. The minimum Gasteiger partial charge on any atom is -0.494 e. The minimum atomic E-state index is 0.562. The molecule has 2 aromatic rings. The lowest BCUT2D eigenvalue weighted by Crippen LogP contribution is -1.99. The van der Waals surface area contributed by atoms with Crippen LogP contribution in [-0.4, -0.2) is 19.2 Å². The highest BCUT2D eigenvalue weighted by Gasteiger charge is 2.15. The van der Waals surface area contributed by atoms with E-state index in [0.717, 1.165) is 22.0 Å². The molecule has 1 heterocycles. The van der Waals surface area contributed by atoms with Crippen molar-refractivity contribution in [2.75, 3.05) is 20.0 Å². The van der Waals surface area contributed by atoms with Gasteiger partial charge >= 0.3 is 0 Å². The summed E-state index contributed by atoms with van der Waals surface area (Å²) in [5.41, 5.74) is 9.51. The number of pyridine rings is 1. The molecular weight excluding hydrogens is 216 g/mol. The van der Waals surface area contributed by atoms with E-state index < -0.39 is 0 Å². The van der Waals surface area contributed by atoms with Gasteiger partial charge in [0.2, 0.25) is 0 Å². The lowest BCUT2D eigenvalue weighted by Gasteiger charge is -2.14. The summed E-state index contributed by atoms with van der Waals surface area (Å²) in [6.07, 6.45) is 1.83. The Morgan fingerprint density at radius 1 is 1.18 bits per heavy atom. The maximum atomic E-state index is 5.96. The standard InChI is InChI=1S/C13H16N2O2/c1-7-6-15-12-10(16-3)5-9(14)13(17-4)11(12)8(7)2/h5-6H,14H2,1-4H3. The van der Waals surface area contributed by atoms with Crippen molar-refractivity contribution >= 4 is 16.6 Å². The number of aryl methyl sites for hydroxylation is 2. The first-order valence-electron chi connectivity index (χ1n) is 5.36. The Morgan fingerprint density at radius 2 is 1.88 bits per heavy atom. The molecule has 4 heteroatoms. The number of ether oxygens (including phenoxy) is 2. The highest BCUT2D eigenvalue weighted by atomic mass is 16.5. The zero-order valence-corrected chi connectivity index (χ0v) is 10.5. The number of rotatable bonds is 2. The van der Waals surface area contributed by atoms with E-state index in [-0.39, 0.29) is 0 Å². The van der Waals surface area contributed by atoms with Crippen LogP contribution in [0.4, 0.5) is 5.69 Å². The molecule has 0 aliphatic rings. The summed E-state index contributed by atoms with van der Waals surface area (Å²) >= 11 is 0. The molecule has 0 aliphatic heterocycles. The number of fused-ring (bicyclic) bond motifs is 1. The number of aromatic nitrogens is 1. The van der Waals surface area contributed by atoms with Gasteiger partial charge in [-0.3, -0.25) is 4.98 Å². The Bertz CT molecular complexity index is 579. The fourth-order valence-corrected chi connectivity index (χ4v) is 1.96. The quantitative estimate of drug-likeness (QED) is 0.808. The SMILES string of the molecule is COc1cc(N)c(OC)c2c(C)c(C)cnc12. The third-order valence-corrected chi connectivity index (χ3v) is 3.02. The third-order valence-electron chi connectivity index (χ3n) is 3.02. The predicted molar refractivity (Wildman–Crippen MR) is 68.7 cm³/mol. The molecule has 0 spiro atoms. The molecule has 0 radical (unpaired) electrons. The highest BCUT2D eigenvalue weighted by Crippen LogP contribution is 2.39. The normalized spacial score (nSPS) is 10.6. The largest absolute Gasteiger partial charge is 0.494 e. The Hall–Kier alpha value is -1.97. The molecule has 4 nitrogen and oxygen atoms in total. The lowest BCUT2D eigenvalue weighted by atomic mass is 10.0. The van der Waals surface area contributed by atoms with E-state index in [9.17, 15) is 0 Å². The second-order valence-corrected chi connectivity index (χ2v) is 3.99. The Labute approximate surface area is 100 Å². The van der Waals surface area contributed by atoms with Crippen LogP contribution >= 0.6 is 0 Å². The van der Waals surface area contributed by atoms with Crippen LogP contribution < -0.4 is 15.2 Å². The Morgan fingerprint density at radius 3 is 2.47 bits per heavy atom. The molecule has 1 aromatic carbocycles. The van der Waals surface area contributed by atoms with E-state index in [1.807, 2.05) is 20.0 Å². The topological polar surface area (TPSA) is 57.4 Å². The monoisotopic (exact) mass is 232 g/mol. The van der Waals surface area contributed by atoms with Crippen LogP contribution in [0.25, 0.3) is 10.9 Å². The Balaban J connectivity index is 2.98. The lowest BCUT2D eigenvalue weighted by molar-refractivity contribution is 0.411. The van der Waals surface area contributed by atoms with E-state index >= 15 is 0 Å². The molecule has 0 aliphatic carbocycles. The van der Waals surface area contributed by atoms with E-state index in [1.165, 1.54) is 0 Å². The second kappa shape index (κ2) is 4.13. The number of hydrogen-bond donors (Lipinski definition) is 1. The summed E-state index contributed by atoms with van der Waals surface area (Å²) in [5, 5.41) is 0.921. The van der Waals surface area contributed by atoms with Crippen LogP contribution in [0, 0.1) is 13.8 Å². The first-order valence-corrected chi connectivity index (χ1v) is 5.36. The third kappa shape index (κ3) is 1.65. The van der Waals surface area contributed by atoms with Gasteiger partial charge in [0.1, 0.15) is 11.3 Å². The average molecular weight is 232 g/mol. The number of anilines is 1. The molecule has 0 unspecified atom stereocenters. The number of benzene rings is 1. The maximum Gasteiger partial charge on any atom is 0.151 e. The number of hydrogen-bond acceptors (Lipinski definition) is 4. The van der Waals surface area contributed by atoms with Crippen molar-refractivity contribution in [1.29, 1.82) is 0 Å². The summed E-state index contributed by atoms with van der Waals surface area (Å²) < 4.78 is 10.7. The van der Waals surface area contributed by atoms with Gasteiger partial charge in [-0.25, -0.2) is 0 Å². The number of methoxy groups -OCH3 is 2. The summed E-state index contributed by atoms with van der Waals surface area (Å²) in [6.45, 7) is 4.04. The second-order valence-electron chi connectivity index (χ2n) is 3.99. The summed E-state index contributed by atoms with van der Waals surface area (Å²) in [7, 11) is 3.22. The molecule has 0 fully saturated rings. The van der Waals surface area contributed by atoms with Crippen molar-refractivity contribution in [2.45, 2.75) is 13.8 Å². The molecule has 0 bridgehead atoms. The summed E-state index contributed by atoms with van der Waals surface area (Å²) in [5.74, 6) is 1.33. The molecule has 0 amide bonds. The van der Waals surface area contributed by atoms with Crippen LogP contribution in [-0.2, 0) is 0 Å². The van der Waals surface area contributed by atoms with Gasteiger partial charge in [0.25, 0.3) is 0 Å². The van der Waals surface area contributed by atoms with Gasteiger partial charge in [-0.05, 0) is 25.0 Å². The van der Waals surface area contributed by atoms with Crippen LogP contribution in [0.2, 0.25) is 0 Å². The van der Waals surface area contributed by atoms with E-state index in [1.54, 1.807) is 20.3 Å². The van der Waals surface area contributed by atoms with E-state index in [4.69, 9.17) is 15.2 Å². The van der Waals surface area contributed by atoms with Gasteiger partial charge in [0.05, 0.1) is 25.3 Å². The van der Waals surface area contributed by atoms with Crippen molar-refractivity contribution in [3.63, 3.8) is 0 Å². The molecule has 90 valence electrons. The van der Waals surface area contributed by atoms with Gasteiger partial charge in [-0.2, -0.15) is 0 Å².